The van der Waals surface area contributed by atoms with Crippen molar-refractivity contribution in [2.75, 3.05) is 60.1 Å². The van der Waals surface area contributed by atoms with Gasteiger partial charge < -0.3 is 26.2 Å². The molecule has 4 aromatic heterocycles. The van der Waals surface area contributed by atoms with Crippen molar-refractivity contribution < 1.29 is 14.4 Å². The number of fused-ring (bicyclic) bond motifs is 1. The van der Waals surface area contributed by atoms with Crippen LogP contribution < -0.4 is 31.7 Å². The van der Waals surface area contributed by atoms with Gasteiger partial charge in [0, 0.05) is 73.6 Å². The van der Waals surface area contributed by atoms with E-state index in [9.17, 15) is 19.2 Å². The Hall–Kier alpha value is -5.93. The highest BCUT2D eigenvalue weighted by Crippen LogP contribution is 2.41. The van der Waals surface area contributed by atoms with Crippen molar-refractivity contribution in [1.82, 2.24) is 34.7 Å². The standard InChI is InChI=1S/C48H58ClN11O4/c1-29-12-18-41(54-44(29)33-13-14-33)55-46(63)34-15-17-38(49)39(25-34)50-20-8-7-9-30(2)53-42(62)28-58-21-23-59(24-22-58)36-16-19-40(51-26-36)56-48-52-27-37-31(3)43(32(4)61)47(64)60(45(37)57-48)35-10-5-6-11-35/h12,15-19,25-27,30,33,35,50H,5-11,13-14,20-24,28H2,1-4H3,(H,53,62)(H,54,55,63)(H,51,52,56,57). The maximum atomic E-state index is 13.6. The number of ketones is 1. The van der Waals surface area contributed by atoms with Crippen molar-refractivity contribution in [1.29, 1.82) is 0 Å². The Kier molecular flexibility index (Phi) is 13.9. The van der Waals surface area contributed by atoms with Crippen molar-refractivity contribution in [3.63, 3.8) is 0 Å². The number of amides is 2. The molecule has 8 rings (SSSR count). The van der Waals surface area contributed by atoms with Crippen LogP contribution in [0.15, 0.2) is 59.7 Å². The van der Waals surface area contributed by atoms with Crippen molar-refractivity contribution in [2.45, 2.75) is 103 Å². The van der Waals surface area contributed by atoms with Crippen molar-refractivity contribution in [2.24, 2.45) is 0 Å². The summed E-state index contributed by atoms with van der Waals surface area (Å²) >= 11 is 6.48. The molecule has 2 aliphatic carbocycles. The number of Topliss-reactive ketones (excluding diaryl/α,β-unsaturated/α-hetero) is 1. The first-order valence-electron chi connectivity index (χ1n) is 22.7. The molecule has 1 aliphatic heterocycles. The Morgan fingerprint density at radius 1 is 0.891 bits per heavy atom. The van der Waals surface area contributed by atoms with Crippen LogP contribution in [0.3, 0.4) is 0 Å². The minimum absolute atomic E-state index is 0.00169. The van der Waals surface area contributed by atoms with Crippen LogP contribution in [0.25, 0.3) is 11.0 Å². The van der Waals surface area contributed by atoms with E-state index in [1.165, 1.54) is 6.92 Å². The second-order valence-electron chi connectivity index (χ2n) is 17.6. The van der Waals surface area contributed by atoms with Gasteiger partial charge in [-0.2, -0.15) is 4.98 Å². The highest BCUT2D eigenvalue weighted by molar-refractivity contribution is 6.33. The predicted molar refractivity (Wildman–Crippen MR) is 253 cm³/mol. The molecule has 4 N–H and O–H groups in total. The zero-order valence-electron chi connectivity index (χ0n) is 37.2. The Bertz CT molecular complexity index is 2580. The summed E-state index contributed by atoms with van der Waals surface area (Å²) in [6.07, 6.45) is 12.3. The molecule has 15 nitrogen and oxygen atoms in total. The largest absolute Gasteiger partial charge is 0.384 e. The van der Waals surface area contributed by atoms with Gasteiger partial charge in [0.15, 0.2) is 5.78 Å². The van der Waals surface area contributed by atoms with Crippen molar-refractivity contribution in [3.05, 3.63) is 98.2 Å². The summed E-state index contributed by atoms with van der Waals surface area (Å²) in [5.74, 6) is 1.51. The van der Waals surface area contributed by atoms with E-state index in [-0.39, 0.29) is 40.8 Å². The average molecular weight is 889 g/mol. The van der Waals surface area contributed by atoms with Crippen molar-refractivity contribution >= 4 is 69.2 Å². The number of halogens is 1. The molecule has 3 aliphatic rings. The van der Waals surface area contributed by atoms with Gasteiger partial charge in [0.25, 0.3) is 11.5 Å². The van der Waals surface area contributed by atoms with Gasteiger partial charge in [-0.05, 0) is 120 Å². The number of aryl methyl sites for hydroxylation is 2. The number of unbranched alkanes of at least 4 members (excludes halogenated alkanes) is 1. The van der Waals surface area contributed by atoms with Crippen LogP contribution in [-0.2, 0) is 4.79 Å². The van der Waals surface area contributed by atoms with E-state index in [1.54, 1.807) is 35.9 Å². The zero-order chi connectivity index (χ0) is 44.9. The molecule has 0 bridgehead atoms. The van der Waals surface area contributed by atoms with E-state index in [1.807, 2.05) is 37.4 Å². The van der Waals surface area contributed by atoms with Gasteiger partial charge in [-0.15, -0.1) is 0 Å². The third-order valence-electron chi connectivity index (χ3n) is 12.7. The molecule has 0 radical (unpaired) electrons. The smallest absolute Gasteiger partial charge is 0.263 e. The highest BCUT2D eigenvalue weighted by atomic mass is 35.5. The molecule has 64 heavy (non-hydrogen) atoms. The molecule has 1 saturated heterocycles. The second kappa shape index (κ2) is 19.9. The van der Waals surface area contributed by atoms with Crippen molar-refractivity contribution in [3.8, 4) is 0 Å². The van der Waals surface area contributed by atoms with E-state index < -0.39 is 0 Å². The maximum absolute atomic E-state index is 13.6. The summed E-state index contributed by atoms with van der Waals surface area (Å²) in [6.45, 7) is 11.4. The normalized spacial score (nSPS) is 16.2. The van der Waals surface area contributed by atoms with Gasteiger partial charge in [0.2, 0.25) is 11.9 Å². The number of rotatable bonds is 17. The summed E-state index contributed by atoms with van der Waals surface area (Å²) in [6, 6.07) is 13.0. The van der Waals surface area contributed by atoms with Crippen LogP contribution in [0.1, 0.15) is 121 Å². The number of piperazine rings is 1. The number of hydrogen-bond donors (Lipinski definition) is 4. The predicted octanol–water partition coefficient (Wildman–Crippen LogP) is 7.95. The fourth-order valence-corrected chi connectivity index (χ4v) is 9.19. The minimum atomic E-state index is -0.280. The molecule has 1 aromatic carbocycles. The lowest BCUT2D eigenvalue weighted by atomic mass is 10.0. The summed E-state index contributed by atoms with van der Waals surface area (Å²) in [5, 5.41) is 13.9. The SMILES string of the molecule is CC(=O)c1c(C)c2cnc(Nc3ccc(N4CCN(CC(=O)NC(C)CCCCNc5cc(C(=O)Nc6ccc(C)c(C7CC7)n6)ccc5Cl)CC4)cn3)nc2n(C2CCCC2)c1=O. The monoisotopic (exact) mass is 887 g/mol. The zero-order valence-corrected chi connectivity index (χ0v) is 37.9. The Labute approximate surface area is 378 Å². The molecule has 5 aromatic rings. The number of nitrogens with zero attached hydrogens (tertiary/aromatic N) is 7. The van der Waals surface area contributed by atoms with Crippen LogP contribution in [-0.4, -0.2) is 92.3 Å². The maximum Gasteiger partial charge on any atom is 0.263 e. The van der Waals surface area contributed by atoms with Crippen LogP contribution in [0.5, 0.6) is 0 Å². The van der Waals surface area contributed by atoms with Crippen LogP contribution in [0.4, 0.5) is 29.0 Å². The number of carbonyl (C=O) groups excluding carboxylic acids is 3. The Morgan fingerprint density at radius 2 is 1.66 bits per heavy atom. The first-order chi connectivity index (χ1) is 30.9. The number of nitrogens with one attached hydrogen (secondary N) is 4. The lowest BCUT2D eigenvalue weighted by Gasteiger charge is -2.35. The summed E-state index contributed by atoms with van der Waals surface area (Å²) < 4.78 is 1.71. The molecule has 1 atom stereocenters. The third kappa shape index (κ3) is 10.5. The van der Waals surface area contributed by atoms with Crippen LogP contribution in [0.2, 0.25) is 5.02 Å². The number of pyridine rings is 3. The van der Waals surface area contributed by atoms with E-state index in [0.717, 1.165) is 101 Å². The molecule has 5 heterocycles. The fraction of sp³-hybridized carbons (Fsp3) is 0.458. The van der Waals surface area contributed by atoms with E-state index in [0.29, 0.717) is 69.5 Å². The molecule has 3 fully saturated rings. The van der Waals surface area contributed by atoms with Gasteiger partial charge in [0.1, 0.15) is 17.3 Å². The molecule has 16 heteroatoms. The number of carbonyl (C=O) groups is 3. The Balaban J connectivity index is 0.750. The van der Waals surface area contributed by atoms with E-state index in [4.69, 9.17) is 21.6 Å². The first-order valence-corrected chi connectivity index (χ1v) is 23.0. The second-order valence-corrected chi connectivity index (χ2v) is 18.0. The summed E-state index contributed by atoms with van der Waals surface area (Å²) in [5.41, 5.74) is 5.49. The molecular formula is C48H58ClN11O4. The minimum Gasteiger partial charge on any atom is -0.384 e. The van der Waals surface area contributed by atoms with Crippen LogP contribution in [0, 0.1) is 13.8 Å². The number of benzene rings is 1. The van der Waals surface area contributed by atoms with Crippen LogP contribution >= 0.6 is 11.6 Å². The molecular weight excluding hydrogens is 830 g/mol. The molecule has 336 valence electrons. The number of hydrogen-bond acceptors (Lipinski definition) is 12. The van der Waals surface area contributed by atoms with Gasteiger partial charge in [0.05, 0.1) is 34.7 Å². The highest BCUT2D eigenvalue weighted by Gasteiger charge is 2.28. The number of anilines is 5. The topological polar surface area (TPSA) is 179 Å². The fourth-order valence-electron chi connectivity index (χ4n) is 9.00. The van der Waals surface area contributed by atoms with Gasteiger partial charge in [-0.1, -0.05) is 30.5 Å². The summed E-state index contributed by atoms with van der Waals surface area (Å²) in [4.78, 5) is 75.2. The van der Waals surface area contributed by atoms with Gasteiger partial charge in [-0.3, -0.25) is 28.6 Å². The average Bonchev–Trinajstić information content (AvgIpc) is 3.98. The summed E-state index contributed by atoms with van der Waals surface area (Å²) in [7, 11) is 0. The number of aromatic nitrogens is 5. The lowest BCUT2D eigenvalue weighted by Crippen LogP contribution is -2.50. The van der Waals surface area contributed by atoms with Gasteiger partial charge >= 0.3 is 0 Å². The van der Waals surface area contributed by atoms with E-state index >= 15 is 0 Å². The molecule has 0 spiro atoms. The molecule has 2 amide bonds. The van der Waals surface area contributed by atoms with E-state index in [2.05, 4.69) is 48.0 Å². The third-order valence-corrected chi connectivity index (χ3v) is 13.0. The quantitative estimate of drug-likeness (QED) is 0.0524. The lowest BCUT2D eigenvalue weighted by molar-refractivity contribution is -0.123. The molecule has 2 saturated carbocycles. The van der Waals surface area contributed by atoms with Gasteiger partial charge in [-0.25, -0.2) is 15.0 Å². The Morgan fingerprint density at radius 3 is 2.38 bits per heavy atom. The first kappa shape index (κ1) is 44.7. The molecule has 1 unspecified atom stereocenters.